The molecule has 0 saturated heterocycles. The van der Waals surface area contributed by atoms with Gasteiger partial charge >= 0.3 is 6.09 Å². The van der Waals surface area contributed by atoms with Crippen LogP contribution in [0.3, 0.4) is 0 Å². The van der Waals surface area contributed by atoms with Gasteiger partial charge in [-0.25, -0.2) is 4.79 Å². The lowest BCUT2D eigenvalue weighted by molar-refractivity contribution is -0.123. The lowest BCUT2D eigenvalue weighted by Gasteiger charge is -2.19. The van der Waals surface area contributed by atoms with Crippen molar-refractivity contribution >= 4 is 29.3 Å². The molecular formula is C19H29N3O4. The molecule has 7 nitrogen and oxygen atoms in total. The topological polar surface area (TPSA) is 96.5 Å². The lowest BCUT2D eigenvalue weighted by Crippen LogP contribution is -2.34. The normalized spacial score (nSPS) is 11.5. The van der Waals surface area contributed by atoms with Crippen molar-refractivity contribution in [2.45, 2.75) is 53.6 Å². The van der Waals surface area contributed by atoms with Crippen LogP contribution < -0.4 is 16.0 Å². The van der Waals surface area contributed by atoms with Crippen molar-refractivity contribution in [3.8, 4) is 0 Å². The van der Waals surface area contributed by atoms with Crippen LogP contribution in [0.15, 0.2) is 24.3 Å². The number of amides is 3. The zero-order valence-corrected chi connectivity index (χ0v) is 16.4. The summed E-state index contributed by atoms with van der Waals surface area (Å²) in [6.45, 7) is 10.9. The van der Waals surface area contributed by atoms with Crippen LogP contribution in [-0.4, -0.2) is 30.1 Å². The highest BCUT2D eigenvalue weighted by Gasteiger charge is 2.21. The number of nitrogens with one attached hydrogen (secondary N) is 3. The van der Waals surface area contributed by atoms with Gasteiger partial charge in [0.05, 0.1) is 0 Å². The molecule has 0 aliphatic carbocycles. The molecular weight excluding hydrogens is 334 g/mol. The van der Waals surface area contributed by atoms with Crippen molar-refractivity contribution in [3.05, 3.63) is 24.3 Å². The van der Waals surface area contributed by atoms with E-state index in [2.05, 4.69) is 16.0 Å². The molecule has 1 aromatic rings. The van der Waals surface area contributed by atoms with E-state index in [1.165, 1.54) is 0 Å². The van der Waals surface area contributed by atoms with E-state index in [1.54, 1.807) is 45.0 Å². The van der Waals surface area contributed by atoms with E-state index in [0.717, 1.165) is 0 Å². The van der Waals surface area contributed by atoms with Crippen molar-refractivity contribution in [1.29, 1.82) is 0 Å². The fraction of sp³-hybridized carbons (Fsp3) is 0.526. The minimum atomic E-state index is -0.579. The quantitative estimate of drug-likeness (QED) is 0.745. The molecule has 26 heavy (non-hydrogen) atoms. The summed E-state index contributed by atoms with van der Waals surface area (Å²) in [7, 11) is 0. The van der Waals surface area contributed by atoms with Gasteiger partial charge in [-0.1, -0.05) is 26.8 Å². The average Bonchev–Trinajstić information content (AvgIpc) is 2.44. The summed E-state index contributed by atoms with van der Waals surface area (Å²) in [5.41, 5.74) is 0.0882. The first kappa shape index (κ1) is 21.5. The summed E-state index contributed by atoms with van der Waals surface area (Å²) in [6, 6.07) is 6.91. The Labute approximate surface area is 154 Å². The van der Waals surface area contributed by atoms with Gasteiger partial charge in [-0.15, -0.1) is 0 Å². The van der Waals surface area contributed by atoms with Crippen LogP contribution in [0.25, 0.3) is 0 Å². The van der Waals surface area contributed by atoms with Gasteiger partial charge in [0.25, 0.3) is 0 Å². The summed E-state index contributed by atoms with van der Waals surface area (Å²) in [5, 5.41) is 8.08. The highest BCUT2D eigenvalue weighted by molar-refractivity contribution is 5.96. The highest BCUT2D eigenvalue weighted by atomic mass is 16.6. The fourth-order valence-corrected chi connectivity index (χ4v) is 1.81. The molecule has 0 spiro atoms. The van der Waals surface area contributed by atoms with Crippen molar-refractivity contribution in [3.63, 3.8) is 0 Å². The van der Waals surface area contributed by atoms with Crippen molar-refractivity contribution in [2.75, 3.05) is 17.2 Å². The first-order chi connectivity index (χ1) is 11.9. The molecule has 0 unspecified atom stereocenters. The highest BCUT2D eigenvalue weighted by Crippen LogP contribution is 2.20. The largest absolute Gasteiger partial charge is 0.444 e. The maximum atomic E-state index is 12.0. The van der Waals surface area contributed by atoms with Crippen LogP contribution in [0.2, 0.25) is 0 Å². The van der Waals surface area contributed by atoms with E-state index < -0.39 is 17.1 Å². The molecule has 1 aromatic carbocycles. The predicted octanol–water partition coefficient (Wildman–Crippen LogP) is 3.52. The maximum Gasteiger partial charge on any atom is 0.407 e. The standard InChI is InChI=1S/C19H29N3O4/c1-18(2,3)16(24)22-14-9-7-8-13(12-14)21-15(23)10-11-20-17(25)26-19(4,5)6/h7-9,12H,10-11H2,1-6H3,(H,20,25)(H,21,23)(H,22,24). The fourth-order valence-electron chi connectivity index (χ4n) is 1.81. The summed E-state index contributed by atoms with van der Waals surface area (Å²) in [4.78, 5) is 35.5. The second-order valence-corrected chi connectivity index (χ2v) is 8.01. The summed E-state index contributed by atoms with van der Waals surface area (Å²) < 4.78 is 5.10. The molecule has 0 atom stereocenters. The predicted molar refractivity (Wildman–Crippen MR) is 102 cm³/mol. The Morgan fingerprint density at radius 1 is 0.962 bits per heavy atom. The molecule has 0 aromatic heterocycles. The molecule has 3 N–H and O–H groups in total. The van der Waals surface area contributed by atoms with E-state index in [-0.39, 0.29) is 24.8 Å². The minimum absolute atomic E-state index is 0.109. The van der Waals surface area contributed by atoms with E-state index in [4.69, 9.17) is 4.74 Å². The second-order valence-electron chi connectivity index (χ2n) is 8.01. The van der Waals surface area contributed by atoms with Crippen LogP contribution in [0, 0.1) is 5.41 Å². The number of anilines is 2. The maximum absolute atomic E-state index is 12.0. The third-order valence-electron chi connectivity index (χ3n) is 3.11. The molecule has 0 aliphatic heterocycles. The molecule has 0 saturated carbocycles. The van der Waals surface area contributed by atoms with Crippen LogP contribution in [0.4, 0.5) is 16.2 Å². The van der Waals surface area contributed by atoms with Gasteiger partial charge in [-0.2, -0.15) is 0 Å². The van der Waals surface area contributed by atoms with Crippen LogP contribution in [-0.2, 0) is 14.3 Å². The van der Waals surface area contributed by atoms with Crippen LogP contribution in [0.1, 0.15) is 48.0 Å². The SMILES string of the molecule is CC(C)(C)OC(=O)NCCC(=O)Nc1cccc(NC(=O)C(C)(C)C)c1. The first-order valence-electron chi connectivity index (χ1n) is 8.55. The van der Waals surface area contributed by atoms with Crippen molar-refractivity contribution in [2.24, 2.45) is 5.41 Å². The van der Waals surface area contributed by atoms with E-state index in [1.807, 2.05) is 20.8 Å². The number of carbonyl (C=O) groups is 3. The third-order valence-corrected chi connectivity index (χ3v) is 3.11. The Morgan fingerprint density at radius 3 is 2.08 bits per heavy atom. The Bertz CT molecular complexity index is 657. The number of benzene rings is 1. The first-order valence-corrected chi connectivity index (χ1v) is 8.55. The Kier molecular flexibility index (Phi) is 7.18. The van der Waals surface area contributed by atoms with Gasteiger partial charge in [-0.05, 0) is 39.0 Å². The van der Waals surface area contributed by atoms with Gasteiger partial charge < -0.3 is 20.7 Å². The van der Waals surface area contributed by atoms with E-state index in [9.17, 15) is 14.4 Å². The molecule has 7 heteroatoms. The Balaban J connectivity index is 2.49. The second kappa shape index (κ2) is 8.69. The summed E-state index contributed by atoms with van der Waals surface area (Å²) in [5.74, 6) is -0.358. The van der Waals surface area contributed by atoms with Gasteiger partial charge in [0, 0.05) is 29.8 Å². The number of ether oxygens (including phenoxy) is 1. The summed E-state index contributed by atoms with van der Waals surface area (Å²) >= 11 is 0. The van der Waals surface area contributed by atoms with Crippen molar-refractivity contribution in [1.82, 2.24) is 5.32 Å². The zero-order chi connectivity index (χ0) is 20.0. The van der Waals surface area contributed by atoms with E-state index >= 15 is 0 Å². The molecule has 0 bridgehead atoms. The van der Waals surface area contributed by atoms with E-state index in [0.29, 0.717) is 11.4 Å². The summed E-state index contributed by atoms with van der Waals surface area (Å²) in [6.07, 6.45) is -0.449. The lowest BCUT2D eigenvalue weighted by atomic mass is 9.95. The monoisotopic (exact) mass is 363 g/mol. The molecule has 0 heterocycles. The molecule has 1 rings (SSSR count). The van der Waals surface area contributed by atoms with Gasteiger partial charge in [0.15, 0.2) is 0 Å². The number of rotatable bonds is 5. The molecule has 3 amide bonds. The number of hydrogen-bond acceptors (Lipinski definition) is 4. The number of alkyl carbamates (subject to hydrolysis) is 1. The van der Waals surface area contributed by atoms with Crippen LogP contribution in [0.5, 0.6) is 0 Å². The third kappa shape index (κ3) is 8.50. The van der Waals surface area contributed by atoms with Crippen LogP contribution >= 0.6 is 0 Å². The van der Waals surface area contributed by atoms with Gasteiger partial charge in [0.2, 0.25) is 11.8 Å². The molecule has 144 valence electrons. The van der Waals surface area contributed by atoms with Gasteiger partial charge in [-0.3, -0.25) is 9.59 Å². The molecule has 0 radical (unpaired) electrons. The number of hydrogen-bond donors (Lipinski definition) is 3. The smallest absolute Gasteiger partial charge is 0.407 e. The molecule has 0 aliphatic rings. The zero-order valence-electron chi connectivity index (χ0n) is 16.4. The number of carbonyl (C=O) groups excluding carboxylic acids is 3. The minimum Gasteiger partial charge on any atom is -0.444 e. The Morgan fingerprint density at radius 2 is 1.54 bits per heavy atom. The van der Waals surface area contributed by atoms with Crippen molar-refractivity contribution < 1.29 is 19.1 Å². The molecule has 0 fully saturated rings. The average molecular weight is 363 g/mol. The Hall–Kier alpha value is -2.57. The van der Waals surface area contributed by atoms with Gasteiger partial charge in [0.1, 0.15) is 5.60 Å².